The number of carbonyl (C=O) groups is 1. The number of ether oxygens (including phenoxy) is 1. The minimum absolute atomic E-state index is 0.0162. The van der Waals surface area contributed by atoms with E-state index in [1.165, 1.54) is 5.52 Å². The van der Waals surface area contributed by atoms with Gasteiger partial charge in [-0.25, -0.2) is 0 Å². The number of nitrogens with zero attached hydrogens (tertiary/aromatic N) is 2. The van der Waals surface area contributed by atoms with Gasteiger partial charge in [0.1, 0.15) is 12.4 Å². The van der Waals surface area contributed by atoms with E-state index in [0.29, 0.717) is 25.4 Å². The van der Waals surface area contributed by atoms with Crippen molar-refractivity contribution < 1.29 is 19.5 Å². The third-order valence-electron chi connectivity index (χ3n) is 4.63. The normalized spacial score (nSPS) is 11.2. The third kappa shape index (κ3) is 4.71. The summed E-state index contributed by atoms with van der Waals surface area (Å²) in [5.74, 6) is -0.130. The van der Waals surface area contributed by atoms with Crippen LogP contribution in [-0.4, -0.2) is 35.1 Å². The van der Waals surface area contributed by atoms with Gasteiger partial charge in [-0.1, -0.05) is 35.5 Å². The zero-order valence-corrected chi connectivity index (χ0v) is 16.1. The van der Waals surface area contributed by atoms with E-state index < -0.39 is 5.97 Å². The van der Waals surface area contributed by atoms with Crippen LogP contribution in [-0.2, 0) is 23.1 Å². The van der Waals surface area contributed by atoms with Crippen LogP contribution in [0.4, 0.5) is 0 Å². The zero-order chi connectivity index (χ0) is 19.9. The van der Waals surface area contributed by atoms with E-state index in [4.69, 9.17) is 14.7 Å². The van der Waals surface area contributed by atoms with Gasteiger partial charge in [0.05, 0.1) is 19.2 Å². The highest BCUT2D eigenvalue weighted by atomic mass is 16.6. The van der Waals surface area contributed by atoms with Crippen molar-refractivity contribution in [3.63, 3.8) is 0 Å². The predicted octanol–water partition coefficient (Wildman–Crippen LogP) is 3.93. The van der Waals surface area contributed by atoms with Gasteiger partial charge in [-0.3, -0.25) is 4.79 Å². The fourth-order valence-corrected chi connectivity index (χ4v) is 3.05. The lowest BCUT2D eigenvalue weighted by molar-refractivity contribution is -0.136. The maximum absolute atomic E-state index is 10.7. The van der Waals surface area contributed by atoms with Crippen molar-refractivity contribution in [3.05, 3.63) is 65.4 Å². The van der Waals surface area contributed by atoms with Crippen LogP contribution in [0.25, 0.3) is 10.9 Å². The summed E-state index contributed by atoms with van der Waals surface area (Å²) in [6.07, 6.45) is 2.48. The second-order valence-electron chi connectivity index (χ2n) is 6.56. The number of aryl methyl sites for hydroxylation is 1. The molecule has 1 N–H and O–H groups in total. The molecule has 146 valence electrons. The Morgan fingerprint density at radius 2 is 1.89 bits per heavy atom. The number of hydrogen-bond acceptors (Lipinski definition) is 4. The molecule has 0 radical (unpaired) electrons. The number of fused-ring (bicyclic) bond motifs is 1. The van der Waals surface area contributed by atoms with E-state index in [2.05, 4.69) is 28.8 Å². The molecule has 0 fully saturated rings. The van der Waals surface area contributed by atoms with Crippen molar-refractivity contribution in [1.82, 2.24) is 4.57 Å². The second kappa shape index (κ2) is 9.08. The number of oxime groups is 1. The van der Waals surface area contributed by atoms with Gasteiger partial charge in [-0.05, 0) is 30.7 Å². The van der Waals surface area contributed by atoms with E-state index in [-0.39, 0.29) is 6.42 Å². The number of aliphatic carboxylic acids is 1. The lowest BCUT2D eigenvalue weighted by Gasteiger charge is -2.06. The molecule has 0 aliphatic carbocycles. The van der Waals surface area contributed by atoms with Crippen LogP contribution in [0.15, 0.2) is 53.7 Å². The highest BCUT2D eigenvalue weighted by molar-refractivity contribution is 6.00. The molecular formula is C22H24N2O4. The van der Waals surface area contributed by atoms with Crippen LogP contribution in [0.1, 0.15) is 23.2 Å². The van der Waals surface area contributed by atoms with Gasteiger partial charge in [0.25, 0.3) is 0 Å². The summed E-state index contributed by atoms with van der Waals surface area (Å²) >= 11 is 0. The molecule has 0 aliphatic heterocycles. The van der Waals surface area contributed by atoms with Crippen LogP contribution in [0.2, 0.25) is 0 Å². The Kier molecular flexibility index (Phi) is 6.32. The number of rotatable bonds is 9. The summed E-state index contributed by atoms with van der Waals surface area (Å²) in [6, 6.07) is 15.3. The minimum atomic E-state index is -0.843. The average Bonchev–Trinajstić information content (AvgIpc) is 2.93. The highest BCUT2D eigenvalue weighted by Gasteiger charge is 2.09. The molecule has 3 aromatic rings. The largest absolute Gasteiger partial charge is 0.493 e. The average molecular weight is 380 g/mol. The number of hydrogen-bond donors (Lipinski definition) is 1. The van der Waals surface area contributed by atoms with Crippen LogP contribution in [0.5, 0.6) is 5.75 Å². The molecule has 0 unspecified atom stereocenters. The van der Waals surface area contributed by atoms with Crippen molar-refractivity contribution in [3.8, 4) is 5.75 Å². The summed E-state index contributed by atoms with van der Waals surface area (Å²) in [7, 11) is 2.04. The van der Waals surface area contributed by atoms with Crippen LogP contribution >= 0.6 is 0 Å². The Morgan fingerprint density at radius 3 is 2.64 bits per heavy atom. The summed E-state index contributed by atoms with van der Waals surface area (Å²) in [5.41, 5.74) is 4.13. The van der Waals surface area contributed by atoms with Crippen molar-refractivity contribution in [2.75, 3.05) is 13.2 Å². The molecule has 0 amide bonds. The van der Waals surface area contributed by atoms with Gasteiger partial charge < -0.3 is 19.2 Å². The molecule has 0 saturated carbocycles. The molecule has 1 heterocycles. The van der Waals surface area contributed by atoms with Crippen LogP contribution in [0, 0.1) is 6.92 Å². The number of para-hydroxylation sites is 1. The Bertz CT molecular complexity index is 974. The van der Waals surface area contributed by atoms with E-state index in [1.54, 1.807) is 30.5 Å². The van der Waals surface area contributed by atoms with E-state index in [1.807, 2.05) is 19.2 Å². The number of carboxylic acids is 1. The standard InChI is InChI=1S/C22H24N2O4/c1-16-20(19-6-3-4-7-21(19)24(16)2)15-23-28-13-5-12-27-18-10-8-17(9-11-18)14-22(25)26/h3-4,6-11,15H,5,12-14H2,1-2H3,(H,25,26). The van der Waals surface area contributed by atoms with Gasteiger partial charge in [-0.2, -0.15) is 0 Å². The molecule has 0 aliphatic rings. The van der Waals surface area contributed by atoms with Crippen LogP contribution < -0.4 is 4.74 Å². The van der Waals surface area contributed by atoms with E-state index in [0.717, 1.165) is 22.2 Å². The molecular weight excluding hydrogens is 356 g/mol. The molecule has 2 aromatic carbocycles. The smallest absolute Gasteiger partial charge is 0.307 e. The molecule has 0 bridgehead atoms. The number of aromatic nitrogens is 1. The monoisotopic (exact) mass is 380 g/mol. The Hall–Kier alpha value is -3.28. The van der Waals surface area contributed by atoms with Crippen molar-refractivity contribution in [2.24, 2.45) is 12.2 Å². The van der Waals surface area contributed by atoms with Crippen molar-refractivity contribution >= 4 is 23.1 Å². The van der Waals surface area contributed by atoms with Gasteiger partial charge in [-0.15, -0.1) is 0 Å². The fourth-order valence-electron chi connectivity index (χ4n) is 3.05. The highest BCUT2D eigenvalue weighted by Crippen LogP contribution is 2.23. The molecule has 0 saturated heterocycles. The molecule has 6 heteroatoms. The Morgan fingerprint density at radius 1 is 1.14 bits per heavy atom. The second-order valence-corrected chi connectivity index (χ2v) is 6.56. The van der Waals surface area contributed by atoms with E-state index in [9.17, 15) is 4.79 Å². The Labute approximate surface area is 164 Å². The first-order valence-corrected chi connectivity index (χ1v) is 9.19. The molecule has 28 heavy (non-hydrogen) atoms. The van der Waals surface area contributed by atoms with Crippen molar-refractivity contribution in [2.45, 2.75) is 19.8 Å². The summed E-state index contributed by atoms with van der Waals surface area (Å²) in [4.78, 5) is 16.0. The summed E-state index contributed by atoms with van der Waals surface area (Å²) in [6.45, 7) is 3.02. The van der Waals surface area contributed by atoms with Gasteiger partial charge in [0, 0.05) is 35.6 Å². The summed E-state index contributed by atoms with van der Waals surface area (Å²) < 4.78 is 7.77. The first-order chi connectivity index (χ1) is 13.6. The molecule has 0 atom stereocenters. The minimum Gasteiger partial charge on any atom is -0.493 e. The molecule has 6 nitrogen and oxygen atoms in total. The fraction of sp³-hybridized carbons (Fsp3) is 0.273. The number of benzene rings is 2. The quantitative estimate of drug-likeness (QED) is 0.347. The van der Waals surface area contributed by atoms with E-state index >= 15 is 0 Å². The molecule has 1 aromatic heterocycles. The first kappa shape index (κ1) is 19.5. The van der Waals surface area contributed by atoms with Gasteiger partial charge in [0.2, 0.25) is 0 Å². The zero-order valence-electron chi connectivity index (χ0n) is 16.1. The topological polar surface area (TPSA) is 73.1 Å². The maximum Gasteiger partial charge on any atom is 0.307 e. The number of carboxylic acid groups (broad SMARTS) is 1. The predicted molar refractivity (Wildman–Crippen MR) is 109 cm³/mol. The first-order valence-electron chi connectivity index (χ1n) is 9.19. The van der Waals surface area contributed by atoms with Crippen LogP contribution in [0.3, 0.4) is 0 Å². The molecule has 0 spiro atoms. The maximum atomic E-state index is 10.7. The lowest BCUT2D eigenvalue weighted by Crippen LogP contribution is -2.02. The molecule has 3 rings (SSSR count). The summed E-state index contributed by atoms with van der Waals surface area (Å²) in [5, 5.41) is 14.0. The Balaban J connectivity index is 1.43. The van der Waals surface area contributed by atoms with Gasteiger partial charge in [0.15, 0.2) is 0 Å². The van der Waals surface area contributed by atoms with Gasteiger partial charge >= 0.3 is 5.97 Å². The lowest BCUT2D eigenvalue weighted by atomic mass is 10.1. The third-order valence-corrected chi connectivity index (χ3v) is 4.63. The SMILES string of the molecule is Cc1c(C=NOCCCOc2ccc(CC(=O)O)cc2)c2ccccc2n1C. The van der Waals surface area contributed by atoms with Crippen molar-refractivity contribution in [1.29, 1.82) is 0 Å².